The second-order valence-electron chi connectivity index (χ2n) is 5.76. The van der Waals surface area contributed by atoms with Crippen molar-refractivity contribution in [2.75, 3.05) is 19.8 Å². The molecule has 0 aliphatic heterocycles. The molecule has 4 unspecified atom stereocenters. The Balaban J connectivity index is 2.13. The number of carbonyl (C=O) groups is 1. The molecule has 1 fully saturated rings. The monoisotopic (exact) mass is 287 g/mol. The van der Waals surface area contributed by atoms with Gasteiger partial charge in [0.15, 0.2) is 0 Å². The van der Waals surface area contributed by atoms with Crippen molar-refractivity contribution in [3.63, 3.8) is 0 Å². The average molecular weight is 287 g/mol. The number of ether oxygens (including phenoxy) is 2. The van der Waals surface area contributed by atoms with Gasteiger partial charge in [0.2, 0.25) is 0 Å². The molecule has 118 valence electrons. The van der Waals surface area contributed by atoms with Crippen LogP contribution in [-0.4, -0.2) is 49.1 Å². The van der Waals surface area contributed by atoms with Gasteiger partial charge in [-0.25, -0.2) is 0 Å². The average Bonchev–Trinajstić information content (AvgIpc) is 2.42. The lowest BCUT2D eigenvalue weighted by Gasteiger charge is -2.27. The van der Waals surface area contributed by atoms with E-state index in [1.807, 2.05) is 0 Å². The van der Waals surface area contributed by atoms with Crippen LogP contribution in [0.15, 0.2) is 0 Å². The number of carbonyl (C=O) groups excluding carboxylic acids is 1. The number of hydrogen-bond acceptors (Lipinski definition) is 5. The highest BCUT2D eigenvalue weighted by Crippen LogP contribution is 2.25. The highest BCUT2D eigenvalue weighted by molar-refractivity contribution is 5.75. The minimum atomic E-state index is -0.593. The van der Waals surface area contributed by atoms with E-state index in [0.717, 1.165) is 12.8 Å². The van der Waals surface area contributed by atoms with Crippen LogP contribution in [0.1, 0.15) is 46.5 Å². The molecule has 0 saturated heterocycles. The molecule has 1 aliphatic rings. The highest BCUT2D eigenvalue weighted by Gasteiger charge is 2.21. The molecule has 1 saturated carbocycles. The molecule has 0 radical (unpaired) electrons. The number of aliphatic hydroxyl groups is 1. The van der Waals surface area contributed by atoms with E-state index >= 15 is 0 Å². The molecule has 4 atom stereocenters. The Kier molecular flexibility index (Phi) is 8.11. The van der Waals surface area contributed by atoms with Crippen molar-refractivity contribution in [3.05, 3.63) is 0 Å². The van der Waals surface area contributed by atoms with E-state index in [4.69, 9.17) is 9.47 Å². The van der Waals surface area contributed by atoms with Gasteiger partial charge in [0.05, 0.1) is 25.4 Å². The van der Waals surface area contributed by atoms with Crippen molar-refractivity contribution in [1.82, 2.24) is 5.32 Å². The van der Waals surface area contributed by atoms with Gasteiger partial charge in [0, 0.05) is 6.54 Å². The quantitative estimate of drug-likeness (QED) is 0.662. The van der Waals surface area contributed by atoms with Crippen LogP contribution in [0.5, 0.6) is 0 Å². The fourth-order valence-electron chi connectivity index (χ4n) is 2.50. The fourth-order valence-corrected chi connectivity index (χ4v) is 2.50. The summed E-state index contributed by atoms with van der Waals surface area (Å²) in [5, 5.41) is 12.8. The molecule has 5 heteroatoms. The topological polar surface area (TPSA) is 67.8 Å². The first-order valence-corrected chi connectivity index (χ1v) is 7.72. The van der Waals surface area contributed by atoms with Crippen molar-refractivity contribution < 1.29 is 19.4 Å². The molecule has 0 amide bonds. The third-order valence-electron chi connectivity index (χ3n) is 3.71. The number of rotatable bonds is 8. The van der Waals surface area contributed by atoms with Gasteiger partial charge in [-0.1, -0.05) is 19.8 Å². The van der Waals surface area contributed by atoms with Gasteiger partial charge in [0.25, 0.3) is 0 Å². The maximum Gasteiger partial charge on any atom is 0.322 e. The second kappa shape index (κ2) is 9.32. The molecule has 20 heavy (non-hydrogen) atoms. The zero-order valence-electron chi connectivity index (χ0n) is 12.9. The van der Waals surface area contributed by atoms with E-state index in [0.29, 0.717) is 25.7 Å². The SMILES string of the molecule is CCOC(=O)C(C)NCC(O)COC1CCCC(C)C1. The summed E-state index contributed by atoms with van der Waals surface area (Å²) in [5.41, 5.74) is 0. The molecule has 0 heterocycles. The molecule has 1 rings (SSSR count). The van der Waals surface area contributed by atoms with Crippen LogP contribution in [0.25, 0.3) is 0 Å². The van der Waals surface area contributed by atoms with Gasteiger partial charge in [-0.05, 0) is 32.6 Å². The Morgan fingerprint density at radius 2 is 2.20 bits per heavy atom. The van der Waals surface area contributed by atoms with Crippen LogP contribution in [0.4, 0.5) is 0 Å². The van der Waals surface area contributed by atoms with E-state index in [1.54, 1.807) is 13.8 Å². The van der Waals surface area contributed by atoms with E-state index < -0.39 is 12.1 Å². The molecule has 5 nitrogen and oxygen atoms in total. The number of aliphatic hydroxyl groups excluding tert-OH is 1. The molecule has 1 aliphatic carbocycles. The van der Waals surface area contributed by atoms with Crippen molar-refractivity contribution in [1.29, 1.82) is 0 Å². The minimum Gasteiger partial charge on any atom is -0.465 e. The maximum absolute atomic E-state index is 11.4. The summed E-state index contributed by atoms with van der Waals surface area (Å²) in [6.45, 7) is 6.78. The lowest BCUT2D eigenvalue weighted by Crippen LogP contribution is -2.41. The Hall–Kier alpha value is -0.650. The Morgan fingerprint density at radius 3 is 2.85 bits per heavy atom. The first-order chi connectivity index (χ1) is 9.52. The van der Waals surface area contributed by atoms with Gasteiger partial charge >= 0.3 is 5.97 Å². The lowest BCUT2D eigenvalue weighted by atomic mass is 9.89. The molecule has 2 N–H and O–H groups in total. The van der Waals surface area contributed by atoms with Crippen molar-refractivity contribution >= 4 is 5.97 Å². The van der Waals surface area contributed by atoms with E-state index in [9.17, 15) is 9.90 Å². The first kappa shape index (κ1) is 17.4. The molecule has 0 aromatic carbocycles. The lowest BCUT2D eigenvalue weighted by molar-refractivity contribution is -0.145. The maximum atomic E-state index is 11.4. The molecule has 0 aromatic rings. The van der Waals surface area contributed by atoms with Gasteiger partial charge in [-0.3, -0.25) is 4.79 Å². The number of hydrogen-bond donors (Lipinski definition) is 2. The Morgan fingerprint density at radius 1 is 1.45 bits per heavy atom. The zero-order valence-corrected chi connectivity index (χ0v) is 12.9. The summed E-state index contributed by atoms with van der Waals surface area (Å²) in [7, 11) is 0. The van der Waals surface area contributed by atoms with Crippen LogP contribution < -0.4 is 5.32 Å². The van der Waals surface area contributed by atoms with E-state index in [-0.39, 0.29) is 12.1 Å². The van der Waals surface area contributed by atoms with Crippen LogP contribution in [0.2, 0.25) is 0 Å². The summed E-state index contributed by atoms with van der Waals surface area (Å²) in [6, 6.07) is -0.403. The predicted molar refractivity (Wildman–Crippen MR) is 77.5 cm³/mol. The molecular weight excluding hydrogens is 258 g/mol. The summed E-state index contributed by atoms with van der Waals surface area (Å²) in [4.78, 5) is 11.4. The van der Waals surface area contributed by atoms with Crippen LogP contribution in [0.3, 0.4) is 0 Å². The third-order valence-corrected chi connectivity index (χ3v) is 3.71. The Labute approximate surface area is 122 Å². The summed E-state index contributed by atoms with van der Waals surface area (Å²) in [5.74, 6) is 0.426. The second-order valence-corrected chi connectivity index (χ2v) is 5.76. The van der Waals surface area contributed by atoms with Crippen LogP contribution in [-0.2, 0) is 14.3 Å². The zero-order chi connectivity index (χ0) is 15.0. The van der Waals surface area contributed by atoms with Crippen molar-refractivity contribution in [2.45, 2.75) is 64.7 Å². The van der Waals surface area contributed by atoms with Crippen molar-refractivity contribution in [3.8, 4) is 0 Å². The van der Waals surface area contributed by atoms with Crippen molar-refractivity contribution in [2.24, 2.45) is 5.92 Å². The smallest absolute Gasteiger partial charge is 0.322 e. The van der Waals surface area contributed by atoms with Gasteiger partial charge in [-0.2, -0.15) is 0 Å². The summed E-state index contributed by atoms with van der Waals surface area (Å²) in [6.07, 6.45) is 4.34. The third kappa shape index (κ3) is 6.68. The van der Waals surface area contributed by atoms with Gasteiger partial charge < -0.3 is 19.9 Å². The van der Waals surface area contributed by atoms with Crippen LogP contribution in [0, 0.1) is 5.92 Å². The standard InChI is InChI=1S/C15H29NO4/c1-4-19-15(18)12(3)16-9-13(17)10-20-14-7-5-6-11(2)8-14/h11-14,16-17H,4-10H2,1-3H3. The van der Waals surface area contributed by atoms with Gasteiger partial charge in [-0.15, -0.1) is 0 Å². The summed E-state index contributed by atoms with van der Waals surface area (Å²) >= 11 is 0. The van der Waals surface area contributed by atoms with Crippen LogP contribution >= 0.6 is 0 Å². The van der Waals surface area contributed by atoms with Gasteiger partial charge in [0.1, 0.15) is 6.04 Å². The Bertz CT molecular complexity index is 285. The number of nitrogens with one attached hydrogen (secondary N) is 1. The predicted octanol–water partition coefficient (Wildman–Crippen LogP) is 1.48. The number of esters is 1. The fraction of sp³-hybridized carbons (Fsp3) is 0.933. The normalized spacial score (nSPS) is 26.0. The molecular formula is C15H29NO4. The molecule has 0 aromatic heterocycles. The molecule has 0 bridgehead atoms. The molecule has 0 spiro atoms. The van der Waals surface area contributed by atoms with E-state index in [1.165, 1.54) is 12.8 Å². The van der Waals surface area contributed by atoms with E-state index in [2.05, 4.69) is 12.2 Å². The largest absolute Gasteiger partial charge is 0.465 e. The summed E-state index contributed by atoms with van der Waals surface area (Å²) < 4.78 is 10.6. The first-order valence-electron chi connectivity index (χ1n) is 7.72. The highest BCUT2D eigenvalue weighted by atomic mass is 16.5. The minimum absolute atomic E-state index is 0.274.